The van der Waals surface area contributed by atoms with Crippen molar-refractivity contribution in [3.05, 3.63) is 35.9 Å². The van der Waals surface area contributed by atoms with E-state index in [0.29, 0.717) is 13.2 Å². The molecule has 0 saturated carbocycles. The summed E-state index contributed by atoms with van der Waals surface area (Å²) in [7, 11) is 1.64. The van der Waals surface area contributed by atoms with Crippen LogP contribution in [0.15, 0.2) is 30.3 Å². The van der Waals surface area contributed by atoms with Crippen LogP contribution in [0.25, 0.3) is 5.57 Å². The Morgan fingerprint density at radius 1 is 1.22 bits per heavy atom. The first-order valence-electron chi connectivity index (χ1n) is 12.1. The molecule has 1 amide bonds. The zero-order valence-corrected chi connectivity index (χ0v) is 22.1. The van der Waals surface area contributed by atoms with Gasteiger partial charge in [-0.15, -0.1) is 23.4 Å². The lowest BCUT2D eigenvalue weighted by atomic mass is 9.90. The molecule has 11 heteroatoms. The molecular formula is C25H35ClN2O7S. The highest BCUT2D eigenvalue weighted by molar-refractivity contribution is 7.99. The second-order valence-corrected chi connectivity index (χ2v) is 11.1. The second-order valence-electron chi connectivity index (χ2n) is 9.49. The molecule has 2 saturated heterocycles. The molecule has 3 heterocycles. The quantitative estimate of drug-likeness (QED) is 0.317. The molecule has 0 aromatic heterocycles. The number of methoxy groups -OCH3 is 1. The van der Waals surface area contributed by atoms with Crippen LogP contribution in [0.1, 0.15) is 18.9 Å². The molecule has 0 spiro atoms. The first kappa shape index (κ1) is 27.7. The number of aliphatic hydroxyl groups is 3. The molecule has 1 aromatic rings. The van der Waals surface area contributed by atoms with Gasteiger partial charge in [-0.25, -0.2) is 0 Å². The van der Waals surface area contributed by atoms with Crippen LogP contribution in [0, 0.1) is 5.92 Å². The number of aliphatic hydroxyl groups excluding tert-OH is 3. The van der Waals surface area contributed by atoms with Crippen molar-refractivity contribution in [2.75, 3.05) is 26.5 Å². The van der Waals surface area contributed by atoms with Crippen molar-refractivity contribution in [1.29, 1.82) is 0 Å². The molecule has 3 unspecified atom stereocenters. The smallest absolute Gasteiger partial charge is 0.240 e. The summed E-state index contributed by atoms with van der Waals surface area (Å²) in [6.45, 7) is 2.68. The molecule has 2 fully saturated rings. The Bertz CT molecular complexity index is 931. The summed E-state index contributed by atoms with van der Waals surface area (Å²) in [6.07, 6.45) is -0.875. The molecule has 3 aliphatic heterocycles. The van der Waals surface area contributed by atoms with E-state index in [1.807, 2.05) is 24.3 Å². The first-order chi connectivity index (χ1) is 17.2. The molecule has 9 nitrogen and oxygen atoms in total. The maximum atomic E-state index is 13.4. The number of alkyl halides is 1. The third kappa shape index (κ3) is 5.71. The monoisotopic (exact) mass is 542 g/mol. The lowest BCUT2D eigenvalue weighted by Gasteiger charge is -2.44. The van der Waals surface area contributed by atoms with Gasteiger partial charge in [-0.2, -0.15) is 0 Å². The molecule has 5 N–H and O–H groups in total. The van der Waals surface area contributed by atoms with Crippen molar-refractivity contribution >= 4 is 34.8 Å². The molecule has 36 heavy (non-hydrogen) atoms. The fourth-order valence-corrected chi connectivity index (χ4v) is 6.08. The molecular weight excluding hydrogens is 508 g/mol. The van der Waals surface area contributed by atoms with E-state index >= 15 is 0 Å². The molecule has 200 valence electrons. The van der Waals surface area contributed by atoms with Crippen molar-refractivity contribution in [3.8, 4) is 5.75 Å². The van der Waals surface area contributed by atoms with Gasteiger partial charge in [-0.05, 0) is 42.9 Å². The van der Waals surface area contributed by atoms with Crippen molar-refractivity contribution in [1.82, 2.24) is 10.6 Å². The Hall–Kier alpha value is -1.37. The van der Waals surface area contributed by atoms with Gasteiger partial charge in [0.2, 0.25) is 5.91 Å². The van der Waals surface area contributed by atoms with Gasteiger partial charge in [-0.3, -0.25) is 4.79 Å². The van der Waals surface area contributed by atoms with Crippen LogP contribution in [0.3, 0.4) is 0 Å². The maximum absolute atomic E-state index is 13.4. The second kappa shape index (κ2) is 12.0. The molecule has 1 aromatic carbocycles. The Balaban J connectivity index is 1.43. The Morgan fingerprint density at radius 2 is 1.94 bits per heavy atom. The van der Waals surface area contributed by atoms with E-state index in [9.17, 15) is 20.1 Å². The third-order valence-electron chi connectivity index (χ3n) is 7.23. The van der Waals surface area contributed by atoms with E-state index in [1.165, 1.54) is 11.8 Å². The van der Waals surface area contributed by atoms with Crippen LogP contribution in [-0.2, 0) is 14.3 Å². The maximum Gasteiger partial charge on any atom is 0.240 e. The zero-order chi connectivity index (χ0) is 26.0. The SMILES string of the molecule is COc1ccc(C2=CCO[C@@H]3[C@H](CN[C@@H]3C(=O)N[C@H]([C@H](C)Cl)[C@H]3OC(SC)[C@H](O)C(O)C3O)C2)cc1. The largest absolute Gasteiger partial charge is 0.497 e. The number of hydrogen-bond donors (Lipinski definition) is 5. The topological polar surface area (TPSA) is 130 Å². The van der Waals surface area contributed by atoms with Crippen molar-refractivity contribution in [2.24, 2.45) is 5.92 Å². The Labute approximate surface area is 220 Å². The van der Waals surface area contributed by atoms with Gasteiger partial charge in [0.25, 0.3) is 0 Å². The molecule has 0 aliphatic carbocycles. The Kier molecular flexibility index (Phi) is 9.22. The van der Waals surface area contributed by atoms with Crippen LogP contribution >= 0.6 is 23.4 Å². The van der Waals surface area contributed by atoms with Crippen LogP contribution in [0.2, 0.25) is 0 Å². The number of thioether (sulfide) groups is 1. The fourth-order valence-electron chi connectivity index (χ4n) is 5.19. The minimum atomic E-state index is -1.42. The van der Waals surface area contributed by atoms with Crippen LogP contribution < -0.4 is 15.4 Å². The molecule has 4 rings (SSSR count). The zero-order valence-electron chi connectivity index (χ0n) is 20.5. The number of carbonyl (C=O) groups excluding carboxylic acids is 1. The predicted molar refractivity (Wildman–Crippen MR) is 138 cm³/mol. The molecule has 0 bridgehead atoms. The first-order valence-corrected chi connectivity index (χ1v) is 13.8. The number of hydrogen-bond acceptors (Lipinski definition) is 9. The van der Waals surface area contributed by atoms with Crippen molar-refractivity contribution in [2.45, 2.75) is 66.8 Å². The number of benzene rings is 1. The highest BCUT2D eigenvalue weighted by atomic mass is 35.5. The van der Waals surface area contributed by atoms with Crippen LogP contribution in [0.5, 0.6) is 5.75 Å². The number of carbonyl (C=O) groups is 1. The summed E-state index contributed by atoms with van der Waals surface area (Å²) in [5.74, 6) is 0.574. The lowest BCUT2D eigenvalue weighted by molar-refractivity contribution is -0.205. The minimum absolute atomic E-state index is 0.0952. The average molecular weight is 543 g/mol. The predicted octanol–water partition coefficient (Wildman–Crippen LogP) is 0.738. The number of ether oxygens (including phenoxy) is 3. The van der Waals surface area contributed by atoms with Gasteiger partial charge in [0, 0.05) is 12.5 Å². The number of amides is 1. The van der Waals surface area contributed by atoms with Gasteiger partial charge in [0.15, 0.2) is 0 Å². The van der Waals surface area contributed by atoms with E-state index in [2.05, 4.69) is 16.7 Å². The van der Waals surface area contributed by atoms with E-state index < -0.39 is 47.3 Å². The van der Waals surface area contributed by atoms with E-state index in [-0.39, 0.29) is 17.9 Å². The van der Waals surface area contributed by atoms with Gasteiger partial charge < -0.3 is 40.2 Å². The molecule has 0 radical (unpaired) electrons. The third-order valence-corrected chi connectivity index (χ3v) is 8.36. The number of fused-ring (bicyclic) bond motifs is 1. The van der Waals surface area contributed by atoms with Gasteiger partial charge in [-0.1, -0.05) is 18.2 Å². The van der Waals surface area contributed by atoms with E-state index in [1.54, 1.807) is 20.3 Å². The summed E-state index contributed by atoms with van der Waals surface area (Å²) >= 11 is 7.62. The summed E-state index contributed by atoms with van der Waals surface area (Å²) in [4.78, 5) is 13.4. The molecule has 10 atom stereocenters. The minimum Gasteiger partial charge on any atom is -0.497 e. The summed E-state index contributed by atoms with van der Waals surface area (Å²) in [5.41, 5.74) is 1.50. The van der Waals surface area contributed by atoms with Gasteiger partial charge in [0.05, 0.1) is 31.2 Å². The number of allylic oxidation sites excluding steroid dienone is 1. The fraction of sp³-hybridized carbons (Fsp3) is 0.640. The highest BCUT2D eigenvalue weighted by Gasteiger charge is 2.49. The van der Waals surface area contributed by atoms with Crippen molar-refractivity contribution < 1.29 is 34.3 Å². The van der Waals surface area contributed by atoms with Crippen molar-refractivity contribution in [3.63, 3.8) is 0 Å². The van der Waals surface area contributed by atoms with E-state index in [0.717, 1.165) is 23.3 Å². The van der Waals surface area contributed by atoms with Crippen LogP contribution in [-0.4, -0.2) is 101 Å². The lowest BCUT2D eigenvalue weighted by Crippen LogP contribution is -2.65. The number of halogens is 1. The van der Waals surface area contributed by atoms with Gasteiger partial charge >= 0.3 is 0 Å². The normalized spacial score (nSPS) is 36.2. The number of rotatable bonds is 7. The summed E-state index contributed by atoms with van der Waals surface area (Å²) in [5, 5.41) is 36.7. The van der Waals surface area contributed by atoms with Gasteiger partial charge in [0.1, 0.15) is 41.6 Å². The summed E-state index contributed by atoms with van der Waals surface area (Å²) < 4.78 is 17.2. The number of nitrogens with one attached hydrogen (secondary N) is 2. The average Bonchev–Trinajstić information content (AvgIpc) is 3.16. The highest BCUT2D eigenvalue weighted by Crippen LogP contribution is 2.34. The van der Waals surface area contributed by atoms with Crippen LogP contribution in [0.4, 0.5) is 0 Å². The van der Waals surface area contributed by atoms with E-state index in [4.69, 9.17) is 25.8 Å². The standard InChI is InChI=1S/C25H35ClN2O7S/c1-12(26)17(23-20(30)19(29)21(31)25(35-23)36-3)28-24(32)18-22-15(11-27-18)10-14(8-9-34-22)13-4-6-16(33-2)7-5-13/h4-8,12,15,17-23,25,27,29-31H,9-11H2,1-3H3,(H,28,32)/t12-,15-,17+,18-,19?,20?,21+,22+,23+,25?/m0/s1. The Morgan fingerprint density at radius 3 is 2.58 bits per heavy atom. The molecule has 3 aliphatic rings. The summed E-state index contributed by atoms with van der Waals surface area (Å²) in [6, 6.07) is 6.49.